The van der Waals surface area contributed by atoms with E-state index < -0.39 is 0 Å². The Labute approximate surface area is 121 Å². The summed E-state index contributed by atoms with van der Waals surface area (Å²) in [5.74, 6) is 0. The van der Waals surface area contributed by atoms with Gasteiger partial charge < -0.3 is 11.5 Å². The van der Waals surface area contributed by atoms with Crippen molar-refractivity contribution in [3.63, 3.8) is 0 Å². The van der Waals surface area contributed by atoms with Crippen molar-refractivity contribution in [2.24, 2.45) is 11.5 Å². The average molecular weight is 327 g/mol. The molecule has 2 nitrogen and oxygen atoms in total. The molecule has 0 saturated carbocycles. The molecule has 0 saturated heterocycles. The SMILES string of the molecule is CCl.CCl.CCl.CCl.CCl.NCCCN. The quantitative estimate of drug-likeness (QED) is 0.762. The van der Waals surface area contributed by atoms with Crippen molar-refractivity contribution in [3.05, 3.63) is 0 Å². The molecule has 4 N–H and O–H groups in total. The van der Waals surface area contributed by atoms with Gasteiger partial charge in [-0.2, -0.15) is 0 Å². The largest absolute Gasteiger partial charge is 0.330 e. The lowest BCUT2D eigenvalue weighted by molar-refractivity contribution is 0.844. The highest BCUT2D eigenvalue weighted by molar-refractivity contribution is 6.15. The van der Waals surface area contributed by atoms with E-state index in [0.29, 0.717) is 0 Å². The minimum absolute atomic E-state index is 0.719. The summed E-state index contributed by atoms with van der Waals surface area (Å²) in [7, 11) is 0. The van der Waals surface area contributed by atoms with Crippen molar-refractivity contribution in [1.82, 2.24) is 0 Å². The van der Waals surface area contributed by atoms with E-state index in [-0.39, 0.29) is 0 Å². The Balaban J connectivity index is -0.0000000177. The molecule has 0 atom stereocenters. The third kappa shape index (κ3) is 242. The summed E-state index contributed by atoms with van der Waals surface area (Å²) in [6.45, 7) is 1.44. The van der Waals surface area contributed by atoms with Gasteiger partial charge in [-0.25, -0.2) is 0 Å². The smallest absolute Gasteiger partial charge is 0.0108 e. The zero-order valence-corrected chi connectivity index (χ0v) is 13.9. The molecule has 0 bridgehead atoms. The molecule has 0 heterocycles. The second kappa shape index (κ2) is 166. The van der Waals surface area contributed by atoms with Gasteiger partial charge in [0.1, 0.15) is 0 Å². The Morgan fingerprint density at radius 1 is 0.533 bits per heavy atom. The second-order valence-electron chi connectivity index (χ2n) is 0.931. The fourth-order valence-corrected chi connectivity index (χ4v) is 0.118. The molecule has 15 heavy (non-hydrogen) atoms. The summed E-state index contributed by atoms with van der Waals surface area (Å²) >= 11 is 23.2. The molecule has 0 aliphatic heterocycles. The Hall–Kier alpha value is 1.37. The predicted octanol–water partition coefficient (Wildman–Crippen LogP) is 3.57. The van der Waals surface area contributed by atoms with Crippen LogP contribution in [0.5, 0.6) is 0 Å². The first-order valence-corrected chi connectivity index (χ1v) is 7.49. The first-order chi connectivity index (χ1) is 7.41. The van der Waals surface area contributed by atoms with Crippen molar-refractivity contribution < 1.29 is 0 Å². The van der Waals surface area contributed by atoms with E-state index in [9.17, 15) is 0 Å². The summed E-state index contributed by atoms with van der Waals surface area (Å²) in [6.07, 6.45) is 8.31. The molecule has 0 aromatic heterocycles. The van der Waals surface area contributed by atoms with Gasteiger partial charge in [-0.1, -0.05) is 0 Å². The third-order valence-corrected chi connectivity index (χ3v) is 0.408. The van der Waals surface area contributed by atoms with Gasteiger partial charge in [-0.05, 0) is 19.5 Å². The number of hydrogen-bond donors (Lipinski definition) is 2. The molecule has 0 radical (unpaired) electrons. The van der Waals surface area contributed by atoms with Crippen LogP contribution in [0.15, 0.2) is 0 Å². The van der Waals surface area contributed by atoms with Gasteiger partial charge in [0.05, 0.1) is 0 Å². The first-order valence-electron chi connectivity index (χ1n) is 3.71. The summed E-state index contributed by atoms with van der Waals surface area (Å²) in [4.78, 5) is 0. The lowest BCUT2D eigenvalue weighted by atomic mass is 10.4. The molecule has 102 valence electrons. The molecule has 0 aliphatic carbocycles. The first kappa shape index (κ1) is 36.0. The third-order valence-electron chi connectivity index (χ3n) is 0.408. The van der Waals surface area contributed by atoms with Crippen LogP contribution in [0.25, 0.3) is 0 Å². The minimum atomic E-state index is 0.719. The van der Waals surface area contributed by atoms with E-state index in [1.807, 2.05) is 0 Å². The monoisotopic (exact) mass is 324 g/mol. The summed E-state index contributed by atoms with van der Waals surface area (Å²) in [5, 5.41) is 0. The molecule has 0 aromatic carbocycles. The molecule has 0 aromatic rings. The number of halogens is 5. The van der Waals surface area contributed by atoms with Crippen LogP contribution in [0.2, 0.25) is 0 Å². The maximum atomic E-state index is 5.06. The van der Waals surface area contributed by atoms with Crippen LogP contribution in [-0.4, -0.2) is 45.0 Å². The zero-order chi connectivity index (χ0) is 14.1. The van der Waals surface area contributed by atoms with Crippen LogP contribution in [0.3, 0.4) is 0 Å². The number of alkyl halides is 5. The highest BCUT2D eigenvalue weighted by Gasteiger charge is 1.67. The molecule has 7 heteroatoms. The van der Waals surface area contributed by atoms with Crippen molar-refractivity contribution >= 4 is 58.0 Å². The minimum Gasteiger partial charge on any atom is -0.330 e. The van der Waals surface area contributed by atoms with Crippen molar-refractivity contribution in [3.8, 4) is 0 Å². The maximum absolute atomic E-state index is 5.06. The van der Waals surface area contributed by atoms with Crippen molar-refractivity contribution in [2.45, 2.75) is 6.42 Å². The fourth-order valence-electron chi connectivity index (χ4n) is 0.118. The number of hydrogen-bond acceptors (Lipinski definition) is 2. The summed E-state index contributed by atoms with van der Waals surface area (Å²) in [6, 6.07) is 0. The molecular formula is C8H25Cl5N2. The van der Waals surface area contributed by atoms with Gasteiger partial charge in [0, 0.05) is 31.9 Å². The summed E-state index contributed by atoms with van der Waals surface area (Å²) < 4.78 is 0. The summed E-state index contributed by atoms with van der Waals surface area (Å²) in [5.41, 5.74) is 10.1. The van der Waals surface area contributed by atoms with Crippen LogP contribution < -0.4 is 11.5 Å². The van der Waals surface area contributed by atoms with Crippen LogP contribution in [0.1, 0.15) is 6.42 Å². The van der Waals surface area contributed by atoms with Gasteiger partial charge in [0.25, 0.3) is 0 Å². The lowest BCUT2D eigenvalue weighted by Gasteiger charge is -1.81. The van der Waals surface area contributed by atoms with Gasteiger partial charge in [0.15, 0.2) is 0 Å². The van der Waals surface area contributed by atoms with E-state index in [0.717, 1.165) is 19.5 Å². The molecule has 0 aliphatic rings. The number of nitrogens with two attached hydrogens (primary N) is 2. The molecule has 0 unspecified atom stereocenters. The second-order valence-corrected chi connectivity index (χ2v) is 0.931. The molecule has 0 fully saturated rings. The molecule has 0 amide bonds. The van der Waals surface area contributed by atoms with Crippen molar-refractivity contribution in [2.75, 3.05) is 45.0 Å². The van der Waals surface area contributed by atoms with Crippen LogP contribution in [-0.2, 0) is 0 Å². The molecular weight excluding hydrogens is 301 g/mol. The Morgan fingerprint density at radius 2 is 0.667 bits per heavy atom. The Kier molecular flexibility index (Phi) is 398. The van der Waals surface area contributed by atoms with E-state index >= 15 is 0 Å². The topological polar surface area (TPSA) is 52.0 Å². The average Bonchev–Trinajstić information content (AvgIpc) is 2.42. The van der Waals surface area contributed by atoms with Gasteiger partial charge in [-0.15, -0.1) is 58.0 Å². The van der Waals surface area contributed by atoms with Gasteiger partial charge in [-0.3, -0.25) is 0 Å². The van der Waals surface area contributed by atoms with E-state index in [2.05, 4.69) is 58.0 Å². The Morgan fingerprint density at radius 3 is 0.667 bits per heavy atom. The zero-order valence-electron chi connectivity index (χ0n) is 10.2. The van der Waals surface area contributed by atoms with Gasteiger partial charge in [0.2, 0.25) is 0 Å². The fraction of sp³-hybridized carbons (Fsp3) is 1.00. The van der Waals surface area contributed by atoms with E-state index in [1.54, 1.807) is 0 Å². The lowest BCUT2D eigenvalue weighted by Crippen LogP contribution is -2.06. The van der Waals surface area contributed by atoms with Crippen molar-refractivity contribution in [1.29, 1.82) is 0 Å². The number of rotatable bonds is 2. The highest BCUT2D eigenvalue weighted by Crippen LogP contribution is 1.58. The van der Waals surface area contributed by atoms with Crippen LogP contribution in [0.4, 0.5) is 0 Å². The highest BCUT2D eigenvalue weighted by atomic mass is 35.5. The van der Waals surface area contributed by atoms with E-state index in [1.165, 1.54) is 31.9 Å². The molecule has 0 rings (SSSR count). The van der Waals surface area contributed by atoms with Crippen LogP contribution in [0, 0.1) is 0 Å². The Bertz CT molecular complexity index is 28.5. The van der Waals surface area contributed by atoms with Gasteiger partial charge >= 0.3 is 0 Å². The normalized spacial score (nSPS) is 4.80. The predicted molar refractivity (Wildman–Crippen MR) is 81.6 cm³/mol. The maximum Gasteiger partial charge on any atom is 0.0108 e. The standard InChI is InChI=1S/C3H10N2.5CH3Cl/c4-2-1-3-5;5*1-2/h1-5H2;5*1H3. The van der Waals surface area contributed by atoms with E-state index in [4.69, 9.17) is 11.5 Å². The molecule has 0 spiro atoms. The van der Waals surface area contributed by atoms with Crippen LogP contribution >= 0.6 is 58.0 Å².